The zero-order valence-corrected chi connectivity index (χ0v) is 20.3. The Hall–Kier alpha value is -4.39. The van der Waals surface area contributed by atoms with E-state index in [1.165, 1.54) is 18.6 Å². The molecule has 5 rings (SSSR count). The molecule has 0 bridgehead atoms. The minimum Gasteiger partial charge on any atom is -0.489 e. The van der Waals surface area contributed by atoms with Crippen LogP contribution in [0.5, 0.6) is 5.75 Å². The molecule has 3 heterocycles. The van der Waals surface area contributed by atoms with Crippen molar-refractivity contribution in [3.8, 4) is 28.1 Å². The van der Waals surface area contributed by atoms with Crippen LogP contribution in [0.4, 0.5) is 4.39 Å². The molecular formula is C29H25FN4O2. The lowest BCUT2D eigenvalue weighted by molar-refractivity contribution is 0.101. The van der Waals surface area contributed by atoms with Gasteiger partial charge in [0, 0.05) is 42.7 Å². The van der Waals surface area contributed by atoms with E-state index in [4.69, 9.17) is 4.74 Å². The highest BCUT2D eigenvalue weighted by Gasteiger charge is 2.21. The molecule has 2 aromatic carbocycles. The zero-order valence-electron chi connectivity index (χ0n) is 20.3. The minimum absolute atomic E-state index is 0.180. The highest BCUT2D eigenvalue weighted by Crippen LogP contribution is 2.37. The second-order valence-electron chi connectivity index (χ2n) is 8.92. The number of rotatable bonds is 7. The summed E-state index contributed by atoms with van der Waals surface area (Å²) in [6, 6.07) is 18.2. The maximum atomic E-state index is 15.5. The Labute approximate surface area is 208 Å². The summed E-state index contributed by atoms with van der Waals surface area (Å²) in [5, 5.41) is 4.64. The van der Waals surface area contributed by atoms with Gasteiger partial charge in [-0.05, 0) is 47.4 Å². The molecule has 0 fully saturated rings. The molecule has 0 saturated carbocycles. The van der Waals surface area contributed by atoms with E-state index in [2.05, 4.69) is 41.0 Å². The van der Waals surface area contributed by atoms with Crippen LogP contribution in [0.3, 0.4) is 0 Å². The number of carbonyl (C=O) groups excluding carboxylic acids is 1. The summed E-state index contributed by atoms with van der Waals surface area (Å²) in [6.45, 7) is 6.08. The summed E-state index contributed by atoms with van der Waals surface area (Å²) in [5.74, 6) is 0.228. The summed E-state index contributed by atoms with van der Waals surface area (Å²) in [5.41, 5.74) is 5.07. The number of halogens is 1. The van der Waals surface area contributed by atoms with Crippen LogP contribution >= 0.6 is 0 Å². The van der Waals surface area contributed by atoms with Crippen LogP contribution in [-0.2, 0) is 6.61 Å². The largest absolute Gasteiger partial charge is 0.489 e. The van der Waals surface area contributed by atoms with Crippen LogP contribution < -0.4 is 4.74 Å². The van der Waals surface area contributed by atoms with E-state index < -0.39 is 5.82 Å². The van der Waals surface area contributed by atoms with Crippen molar-refractivity contribution in [2.24, 2.45) is 0 Å². The molecule has 3 aromatic heterocycles. The predicted molar refractivity (Wildman–Crippen MR) is 136 cm³/mol. The number of hydrogen-bond acceptors (Lipinski definition) is 5. The van der Waals surface area contributed by atoms with Gasteiger partial charge in [-0.3, -0.25) is 9.78 Å². The molecule has 180 valence electrons. The highest BCUT2D eigenvalue weighted by molar-refractivity contribution is 5.95. The number of nitrogens with zero attached hydrogens (tertiary/aromatic N) is 4. The van der Waals surface area contributed by atoms with Crippen molar-refractivity contribution in [3.05, 3.63) is 102 Å². The summed E-state index contributed by atoms with van der Waals surface area (Å²) >= 11 is 0. The number of hydrogen-bond donors (Lipinski definition) is 0. The van der Waals surface area contributed by atoms with Crippen LogP contribution in [0.15, 0.2) is 79.3 Å². The van der Waals surface area contributed by atoms with Gasteiger partial charge in [0.1, 0.15) is 29.6 Å². The van der Waals surface area contributed by atoms with Gasteiger partial charge in [-0.15, -0.1) is 0 Å². The van der Waals surface area contributed by atoms with Crippen molar-refractivity contribution in [1.82, 2.24) is 19.6 Å². The van der Waals surface area contributed by atoms with Gasteiger partial charge in [0.05, 0.1) is 5.56 Å². The van der Waals surface area contributed by atoms with Crippen molar-refractivity contribution < 1.29 is 13.9 Å². The molecule has 0 N–H and O–H groups in total. The van der Waals surface area contributed by atoms with E-state index >= 15 is 4.39 Å². The summed E-state index contributed by atoms with van der Waals surface area (Å²) in [7, 11) is 0. The topological polar surface area (TPSA) is 69.4 Å². The number of aromatic nitrogens is 4. The second kappa shape index (κ2) is 9.70. The SMILES string of the molecule is CC(=O)c1ccn2nc(-c3ccncc3)c(-c3ccc(OCc4ccc(C(C)C)cc4)cc3F)c2n1. The van der Waals surface area contributed by atoms with Gasteiger partial charge in [0.25, 0.3) is 0 Å². The number of Topliss-reactive ketones (excluding diaryl/α,β-unsaturated/α-hetero) is 1. The first-order chi connectivity index (χ1) is 17.4. The fourth-order valence-corrected chi connectivity index (χ4v) is 4.04. The van der Waals surface area contributed by atoms with Crippen LogP contribution in [-0.4, -0.2) is 25.4 Å². The Morgan fingerprint density at radius 3 is 2.44 bits per heavy atom. The molecule has 0 amide bonds. The molecule has 0 unspecified atom stereocenters. The van der Waals surface area contributed by atoms with E-state index in [0.717, 1.165) is 11.1 Å². The van der Waals surface area contributed by atoms with E-state index in [-0.39, 0.29) is 11.5 Å². The first kappa shape index (κ1) is 23.4. The van der Waals surface area contributed by atoms with E-state index in [0.29, 0.717) is 40.7 Å². The molecule has 0 aliphatic heterocycles. The van der Waals surface area contributed by atoms with Crippen LogP contribution in [0.1, 0.15) is 48.3 Å². The number of carbonyl (C=O) groups is 1. The van der Waals surface area contributed by atoms with E-state index in [1.807, 2.05) is 12.1 Å². The molecular weight excluding hydrogens is 455 g/mol. The molecule has 36 heavy (non-hydrogen) atoms. The lowest BCUT2D eigenvalue weighted by Gasteiger charge is -2.11. The smallest absolute Gasteiger partial charge is 0.178 e. The average Bonchev–Trinajstić information content (AvgIpc) is 3.27. The van der Waals surface area contributed by atoms with Gasteiger partial charge in [-0.25, -0.2) is 13.9 Å². The Morgan fingerprint density at radius 2 is 1.78 bits per heavy atom. The Morgan fingerprint density at radius 1 is 1.03 bits per heavy atom. The quantitative estimate of drug-likeness (QED) is 0.249. The maximum Gasteiger partial charge on any atom is 0.178 e. The molecule has 5 aromatic rings. The van der Waals surface area contributed by atoms with Gasteiger partial charge < -0.3 is 4.74 Å². The van der Waals surface area contributed by atoms with Crippen molar-refractivity contribution in [3.63, 3.8) is 0 Å². The van der Waals surface area contributed by atoms with E-state index in [1.54, 1.807) is 53.4 Å². The third-order valence-corrected chi connectivity index (χ3v) is 6.06. The third-order valence-electron chi connectivity index (χ3n) is 6.06. The molecule has 0 radical (unpaired) electrons. The fraction of sp³-hybridized carbons (Fsp3) is 0.172. The van der Waals surface area contributed by atoms with Crippen LogP contribution in [0.25, 0.3) is 28.0 Å². The van der Waals surface area contributed by atoms with Crippen molar-refractivity contribution in [2.45, 2.75) is 33.3 Å². The van der Waals surface area contributed by atoms with Gasteiger partial charge in [-0.1, -0.05) is 38.1 Å². The Kier molecular flexibility index (Phi) is 6.29. The van der Waals surface area contributed by atoms with E-state index in [9.17, 15) is 4.79 Å². The standard InChI is InChI=1S/C29H25FN4O2/c1-18(2)21-6-4-20(5-7-21)17-36-23-8-9-24(25(30)16-23)27-28(22-10-13-31-14-11-22)33-34-15-12-26(19(3)35)32-29(27)34/h4-16,18H,17H2,1-3H3. The summed E-state index contributed by atoms with van der Waals surface area (Å²) < 4.78 is 23.0. The molecule has 7 heteroatoms. The molecule has 0 aliphatic rings. The normalized spacial score (nSPS) is 11.2. The number of benzene rings is 2. The zero-order chi connectivity index (χ0) is 25.2. The first-order valence-electron chi connectivity index (χ1n) is 11.7. The minimum atomic E-state index is -0.470. The number of pyridine rings is 1. The summed E-state index contributed by atoms with van der Waals surface area (Å²) in [6.07, 6.45) is 4.96. The van der Waals surface area contributed by atoms with Gasteiger partial charge in [0.2, 0.25) is 0 Å². The van der Waals surface area contributed by atoms with Crippen molar-refractivity contribution >= 4 is 11.4 Å². The molecule has 6 nitrogen and oxygen atoms in total. The molecule has 0 saturated heterocycles. The molecule has 0 aliphatic carbocycles. The van der Waals surface area contributed by atoms with Crippen LogP contribution in [0, 0.1) is 5.82 Å². The summed E-state index contributed by atoms with van der Waals surface area (Å²) in [4.78, 5) is 20.5. The highest BCUT2D eigenvalue weighted by atomic mass is 19.1. The number of fused-ring (bicyclic) bond motifs is 1. The number of ketones is 1. The van der Waals surface area contributed by atoms with Gasteiger partial charge in [-0.2, -0.15) is 5.10 Å². The second-order valence-corrected chi connectivity index (χ2v) is 8.92. The Bertz CT molecular complexity index is 1540. The fourth-order valence-electron chi connectivity index (χ4n) is 4.04. The molecule has 0 atom stereocenters. The van der Waals surface area contributed by atoms with Crippen molar-refractivity contribution in [1.29, 1.82) is 0 Å². The van der Waals surface area contributed by atoms with Gasteiger partial charge in [0.15, 0.2) is 11.4 Å². The third kappa shape index (κ3) is 4.60. The monoisotopic (exact) mass is 480 g/mol. The lowest BCUT2D eigenvalue weighted by atomic mass is 10.0. The number of ether oxygens (including phenoxy) is 1. The molecule has 0 spiro atoms. The first-order valence-corrected chi connectivity index (χ1v) is 11.7. The lowest BCUT2D eigenvalue weighted by Crippen LogP contribution is -2.00. The Balaban J connectivity index is 1.52. The van der Waals surface area contributed by atoms with Crippen LogP contribution in [0.2, 0.25) is 0 Å². The predicted octanol–water partition coefficient (Wildman–Crippen LogP) is 6.50. The maximum absolute atomic E-state index is 15.5. The van der Waals surface area contributed by atoms with Crippen molar-refractivity contribution in [2.75, 3.05) is 0 Å². The van der Waals surface area contributed by atoms with Gasteiger partial charge >= 0.3 is 0 Å². The average molecular weight is 481 g/mol.